The first kappa shape index (κ1) is 22.6. The molecule has 2 N–H and O–H groups in total. The predicted molar refractivity (Wildman–Crippen MR) is 124 cm³/mol. The highest BCUT2D eigenvalue weighted by Gasteiger charge is 2.21. The third-order valence-corrected chi connectivity index (χ3v) is 6.87. The summed E-state index contributed by atoms with van der Waals surface area (Å²) in [4.78, 5) is 34.4. The van der Waals surface area contributed by atoms with E-state index in [0.717, 1.165) is 35.3 Å². The molecule has 0 unspecified atom stereocenters. The molecular weight excluding hydrogens is 440 g/mol. The quantitative estimate of drug-likeness (QED) is 0.554. The van der Waals surface area contributed by atoms with Crippen LogP contribution in [0.1, 0.15) is 27.2 Å². The number of amides is 1. The van der Waals surface area contributed by atoms with Gasteiger partial charge in [-0.1, -0.05) is 30.3 Å². The van der Waals surface area contributed by atoms with Gasteiger partial charge in [-0.15, -0.1) is 0 Å². The Labute approximate surface area is 191 Å². The average Bonchev–Trinajstić information content (AvgIpc) is 2.83. The number of rotatable bonds is 7. The molecule has 1 amide bonds. The van der Waals surface area contributed by atoms with Crippen LogP contribution in [0.3, 0.4) is 0 Å². The Morgan fingerprint density at radius 3 is 2.76 bits per heavy atom. The lowest BCUT2D eigenvalue weighted by Crippen LogP contribution is -2.35. The Morgan fingerprint density at radius 2 is 2.00 bits per heavy atom. The molecule has 33 heavy (non-hydrogen) atoms. The summed E-state index contributed by atoms with van der Waals surface area (Å²) < 4.78 is 24.5. The van der Waals surface area contributed by atoms with E-state index in [4.69, 9.17) is 0 Å². The molecular formula is C24H24N4O4S. The fourth-order valence-corrected chi connectivity index (χ4v) is 4.77. The molecule has 9 heteroatoms. The van der Waals surface area contributed by atoms with Crippen molar-refractivity contribution in [3.8, 4) is 0 Å². The molecule has 4 rings (SSSR count). The number of hydrogen-bond donors (Lipinski definition) is 2. The average molecular weight is 465 g/mol. The number of carbonyl (C=O) groups excluding carboxylic acids is 1. The molecule has 1 aliphatic heterocycles. The minimum atomic E-state index is -3.58. The van der Waals surface area contributed by atoms with Gasteiger partial charge in [-0.25, -0.2) is 8.42 Å². The highest BCUT2D eigenvalue weighted by molar-refractivity contribution is 7.94. The Kier molecular flexibility index (Phi) is 6.81. The predicted octanol–water partition coefficient (Wildman–Crippen LogP) is 2.05. The van der Waals surface area contributed by atoms with Gasteiger partial charge in [0.05, 0.1) is 4.90 Å². The van der Waals surface area contributed by atoms with Crippen molar-refractivity contribution in [1.29, 1.82) is 0 Å². The standard InChI is InChI=1S/C24H24N4O4S/c29-23(26-11-5-13-33(31,32)20-7-2-1-3-8-20)21-14-19-17-28(12-9-22(19)27-24(21)30)16-18-6-4-10-25-15-18/h1-8,10,13-15H,9,11-12,16-17H2,(H,26,29)(H,27,30)/b13-5+. The van der Waals surface area contributed by atoms with Crippen molar-refractivity contribution in [3.05, 3.63) is 105 Å². The zero-order valence-electron chi connectivity index (χ0n) is 17.9. The summed E-state index contributed by atoms with van der Waals surface area (Å²) in [7, 11) is -3.58. The first-order valence-corrected chi connectivity index (χ1v) is 12.1. The lowest BCUT2D eigenvalue weighted by Gasteiger charge is -2.28. The van der Waals surface area contributed by atoms with Crippen LogP contribution < -0.4 is 10.9 Å². The van der Waals surface area contributed by atoms with Crippen LogP contribution in [0.15, 0.2) is 82.1 Å². The van der Waals surface area contributed by atoms with Crippen LogP contribution in [0.25, 0.3) is 0 Å². The van der Waals surface area contributed by atoms with E-state index in [2.05, 4.69) is 20.2 Å². The van der Waals surface area contributed by atoms with Gasteiger partial charge in [-0.3, -0.25) is 19.5 Å². The van der Waals surface area contributed by atoms with Gasteiger partial charge in [-0.2, -0.15) is 0 Å². The molecule has 0 radical (unpaired) electrons. The summed E-state index contributed by atoms with van der Waals surface area (Å²) in [6.45, 7) is 2.11. The fraction of sp³-hybridized carbons (Fsp3) is 0.208. The van der Waals surface area contributed by atoms with Crippen LogP contribution in [0.4, 0.5) is 0 Å². The van der Waals surface area contributed by atoms with Crippen molar-refractivity contribution >= 4 is 15.7 Å². The number of carbonyl (C=O) groups is 1. The van der Waals surface area contributed by atoms with Crippen LogP contribution in [-0.4, -0.2) is 42.3 Å². The number of H-pyrrole nitrogens is 1. The zero-order chi connectivity index (χ0) is 23.3. The monoisotopic (exact) mass is 464 g/mol. The molecule has 0 bridgehead atoms. The number of sulfone groups is 1. The van der Waals surface area contributed by atoms with E-state index in [9.17, 15) is 18.0 Å². The van der Waals surface area contributed by atoms with Gasteiger partial charge in [0, 0.05) is 56.1 Å². The van der Waals surface area contributed by atoms with Crippen molar-refractivity contribution < 1.29 is 13.2 Å². The Morgan fingerprint density at radius 1 is 1.18 bits per heavy atom. The molecule has 3 aromatic rings. The molecule has 8 nitrogen and oxygen atoms in total. The summed E-state index contributed by atoms with van der Waals surface area (Å²) in [6.07, 6.45) is 5.60. The summed E-state index contributed by atoms with van der Waals surface area (Å²) >= 11 is 0. The normalized spacial score (nSPS) is 14.2. The van der Waals surface area contributed by atoms with Crippen molar-refractivity contribution in [3.63, 3.8) is 0 Å². The van der Waals surface area contributed by atoms with Crippen LogP contribution >= 0.6 is 0 Å². The molecule has 0 fully saturated rings. The summed E-state index contributed by atoms with van der Waals surface area (Å²) in [5, 5.41) is 3.64. The Hall–Kier alpha value is -3.56. The van der Waals surface area contributed by atoms with Gasteiger partial charge < -0.3 is 10.3 Å². The van der Waals surface area contributed by atoms with Gasteiger partial charge in [-0.05, 0) is 35.4 Å². The number of benzene rings is 1. The molecule has 170 valence electrons. The molecule has 0 saturated heterocycles. The van der Waals surface area contributed by atoms with Crippen LogP contribution in [0.2, 0.25) is 0 Å². The number of aromatic nitrogens is 2. The van der Waals surface area contributed by atoms with E-state index in [0.29, 0.717) is 13.0 Å². The van der Waals surface area contributed by atoms with E-state index in [1.165, 1.54) is 18.2 Å². The van der Waals surface area contributed by atoms with Gasteiger partial charge in [0.1, 0.15) is 5.56 Å². The summed E-state index contributed by atoms with van der Waals surface area (Å²) in [6, 6.07) is 13.6. The number of nitrogens with zero attached hydrogens (tertiary/aromatic N) is 2. The van der Waals surface area contributed by atoms with E-state index in [-0.39, 0.29) is 17.0 Å². The minimum Gasteiger partial charge on any atom is -0.348 e. The number of aromatic amines is 1. The smallest absolute Gasteiger partial charge is 0.261 e. The summed E-state index contributed by atoms with van der Waals surface area (Å²) in [5.41, 5.74) is 2.40. The van der Waals surface area contributed by atoms with E-state index in [1.54, 1.807) is 30.5 Å². The van der Waals surface area contributed by atoms with Crippen molar-refractivity contribution in [2.75, 3.05) is 13.1 Å². The highest BCUT2D eigenvalue weighted by Crippen LogP contribution is 2.18. The highest BCUT2D eigenvalue weighted by atomic mass is 32.2. The van der Waals surface area contributed by atoms with E-state index in [1.807, 2.05) is 18.3 Å². The topological polar surface area (TPSA) is 112 Å². The van der Waals surface area contributed by atoms with Gasteiger partial charge in [0.25, 0.3) is 11.5 Å². The molecule has 2 aromatic heterocycles. The van der Waals surface area contributed by atoms with Crippen molar-refractivity contribution in [1.82, 2.24) is 20.2 Å². The second-order valence-electron chi connectivity index (χ2n) is 7.78. The molecule has 0 aliphatic carbocycles. The van der Waals surface area contributed by atoms with E-state index >= 15 is 0 Å². The number of nitrogens with one attached hydrogen (secondary N) is 2. The first-order valence-electron chi connectivity index (χ1n) is 10.5. The molecule has 0 atom stereocenters. The number of fused-ring (bicyclic) bond motifs is 1. The number of pyridine rings is 2. The lowest BCUT2D eigenvalue weighted by molar-refractivity contribution is 0.0956. The number of hydrogen-bond acceptors (Lipinski definition) is 6. The van der Waals surface area contributed by atoms with Crippen LogP contribution in [0, 0.1) is 0 Å². The maximum Gasteiger partial charge on any atom is 0.261 e. The zero-order valence-corrected chi connectivity index (χ0v) is 18.7. The third kappa shape index (κ3) is 5.63. The minimum absolute atomic E-state index is 0.0105. The molecule has 1 aliphatic rings. The third-order valence-electron chi connectivity index (χ3n) is 5.39. The SMILES string of the molecule is O=C(NC/C=C/S(=O)(=O)c1ccccc1)c1cc2c([nH]c1=O)CCN(Cc1cccnc1)C2. The van der Waals surface area contributed by atoms with Crippen molar-refractivity contribution in [2.24, 2.45) is 0 Å². The van der Waals surface area contributed by atoms with Crippen LogP contribution in [0.5, 0.6) is 0 Å². The summed E-state index contributed by atoms with van der Waals surface area (Å²) in [5.74, 6) is -0.551. The molecule has 0 spiro atoms. The fourth-order valence-electron chi connectivity index (χ4n) is 3.73. The molecule has 0 saturated carbocycles. The molecule has 3 heterocycles. The Balaban J connectivity index is 1.40. The van der Waals surface area contributed by atoms with Gasteiger partial charge in [0.15, 0.2) is 9.84 Å². The first-order chi connectivity index (χ1) is 15.9. The lowest BCUT2D eigenvalue weighted by atomic mass is 10.0. The maximum absolute atomic E-state index is 12.6. The Bertz CT molecular complexity index is 1320. The molecule has 1 aromatic carbocycles. The van der Waals surface area contributed by atoms with Crippen molar-refractivity contribution in [2.45, 2.75) is 24.4 Å². The van der Waals surface area contributed by atoms with Crippen LogP contribution in [-0.2, 0) is 29.3 Å². The largest absolute Gasteiger partial charge is 0.348 e. The second kappa shape index (κ2) is 9.93. The van der Waals surface area contributed by atoms with Gasteiger partial charge in [0.2, 0.25) is 0 Å². The maximum atomic E-state index is 12.6. The second-order valence-corrected chi connectivity index (χ2v) is 9.61. The van der Waals surface area contributed by atoms with E-state index < -0.39 is 21.3 Å². The van der Waals surface area contributed by atoms with Gasteiger partial charge >= 0.3 is 0 Å².